The lowest BCUT2D eigenvalue weighted by atomic mass is 10.2. The Morgan fingerprint density at radius 2 is 2.08 bits per heavy atom. The van der Waals surface area contributed by atoms with Crippen molar-refractivity contribution in [1.29, 1.82) is 0 Å². The average molecular weight is 345 g/mol. The van der Waals surface area contributed by atoms with Crippen LogP contribution in [0, 0.1) is 0 Å². The summed E-state index contributed by atoms with van der Waals surface area (Å²) in [6, 6.07) is 7.94. The molecule has 0 unspecified atom stereocenters. The van der Waals surface area contributed by atoms with E-state index >= 15 is 0 Å². The number of hydrogen-bond acceptors (Lipinski definition) is 3. The fourth-order valence-corrected chi connectivity index (χ4v) is 3.03. The monoisotopic (exact) mass is 344 g/mol. The van der Waals surface area contributed by atoms with Crippen LogP contribution in [-0.2, 0) is 18.4 Å². The summed E-state index contributed by atoms with van der Waals surface area (Å²) in [5, 5.41) is 4.85. The smallest absolute Gasteiger partial charge is 0.246 e. The molecule has 6 heteroatoms. The first-order chi connectivity index (χ1) is 11.6. The fraction of sp³-hybridized carbons (Fsp3) is 0.333. The normalized spacial score (nSPS) is 16.0. The summed E-state index contributed by atoms with van der Waals surface area (Å²) in [6.45, 7) is 4.11. The Labute approximate surface area is 147 Å². The molecular formula is C18H21ClN4O. The Morgan fingerprint density at radius 3 is 2.75 bits per heavy atom. The molecule has 5 nitrogen and oxygen atoms in total. The molecule has 1 aliphatic heterocycles. The van der Waals surface area contributed by atoms with Gasteiger partial charge in [-0.2, -0.15) is 5.10 Å². The minimum atomic E-state index is 0.0567. The van der Waals surface area contributed by atoms with Crippen LogP contribution < -0.4 is 0 Å². The zero-order valence-corrected chi connectivity index (χ0v) is 14.5. The number of halogens is 1. The molecule has 0 aliphatic carbocycles. The zero-order chi connectivity index (χ0) is 16.9. The second kappa shape index (κ2) is 7.64. The van der Waals surface area contributed by atoms with Crippen molar-refractivity contribution < 1.29 is 4.79 Å². The number of aromatic nitrogens is 2. The van der Waals surface area contributed by atoms with Crippen LogP contribution in [0.4, 0.5) is 0 Å². The molecule has 1 amide bonds. The molecule has 3 rings (SSSR count). The Hall–Kier alpha value is -2.11. The maximum atomic E-state index is 12.3. The SMILES string of the molecule is Cn1cc(/C=C/C(=O)N2CCN(Cc3cccc(Cl)c3)CC2)cn1. The van der Waals surface area contributed by atoms with Gasteiger partial charge in [-0.15, -0.1) is 0 Å². The number of carbonyl (C=O) groups excluding carboxylic acids is 1. The van der Waals surface area contributed by atoms with E-state index in [2.05, 4.69) is 16.1 Å². The Bertz CT molecular complexity index is 732. The summed E-state index contributed by atoms with van der Waals surface area (Å²) in [4.78, 5) is 16.5. The summed E-state index contributed by atoms with van der Waals surface area (Å²) in [5.74, 6) is 0.0567. The quantitative estimate of drug-likeness (QED) is 0.800. The molecule has 0 atom stereocenters. The number of nitrogens with zero attached hydrogens (tertiary/aromatic N) is 4. The van der Waals surface area contributed by atoms with E-state index in [1.165, 1.54) is 5.56 Å². The van der Waals surface area contributed by atoms with Crippen LogP contribution >= 0.6 is 11.6 Å². The highest BCUT2D eigenvalue weighted by Gasteiger charge is 2.19. The second-order valence-electron chi connectivity index (χ2n) is 6.01. The third kappa shape index (κ3) is 4.46. The van der Waals surface area contributed by atoms with Crippen LogP contribution in [-0.4, -0.2) is 51.7 Å². The minimum Gasteiger partial charge on any atom is -0.337 e. The number of benzene rings is 1. The molecule has 0 spiro atoms. The van der Waals surface area contributed by atoms with Gasteiger partial charge in [0.25, 0.3) is 0 Å². The lowest BCUT2D eigenvalue weighted by Gasteiger charge is -2.34. The number of aryl methyl sites for hydroxylation is 1. The second-order valence-corrected chi connectivity index (χ2v) is 6.45. The summed E-state index contributed by atoms with van der Waals surface area (Å²) >= 11 is 6.03. The minimum absolute atomic E-state index is 0.0567. The first kappa shape index (κ1) is 16.7. The van der Waals surface area contributed by atoms with Gasteiger partial charge in [-0.05, 0) is 23.8 Å². The van der Waals surface area contributed by atoms with Gasteiger partial charge in [0.1, 0.15) is 0 Å². The molecule has 24 heavy (non-hydrogen) atoms. The van der Waals surface area contributed by atoms with E-state index in [1.54, 1.807) is 17.0 Å². The van der Waals surface area contributed by atoms with Gasteiger partial charge in [0.2, 0.25) is 5.91 Å². The number of rotatable bonds is 4. The molecule has 0 saturated carbocycles. The van der Waals surface area contributed by atoms with E-state index in [-0.39, 0.29) is 5.91 Å². The largest absolute Gasteiger partial charge is 0.337 e. The van der Waals surface area contributed by atoms with Crippen LogP contribution in [0.15, 0.2) is 42.7 Å². The van der Waals surface area contributed by atoms with Gasteiger partial charge >= 0.3 is 0 Å². The molecule has 1 fully saturated rings. The number of hydrogen-bond donors (Lipinski definition) is 0. The molecule has 1 aliphatic rings. The van der Waals surface area contributed by atoms with Crippen molar-refractivity contribution in [3.63, 3.8) is 0 Å². The maximum absolute atomic E-state index is 12.3. The van der Waals surface area contributed by atoms with E-state index in [0.29, 0.717) is 0 Å². The number of piperazine rings is 1. The molecule has 0 bridgehead atoms. The van der Waals surface area contributed by atoms with Crippen molar-refractivity contribution in [2.75, 3.05) is 26.2 Å². The topological polar surface area (TPSA) is 41.4 Å². The van der Waals surface area contributed by atoms with E-state index in [9.17, 15) is 4.79 Å². The first-order valence-electron chi connectivity index (χ1n) is 8.02. The summed E-state index contributed by atoms with van der Waals surface area (Å²) in [7, 11) is 1.86. The summed E-state index contributed by atoms with van der Waals surface area (Å²) in [6.07, 6.45) is 7.07. The van der Waals surface area contributed by atoms with Gasteiger partial charge in [0.05, 0.1) is 6.20 Å². The van der Waals surface area contributed by atoms with Gasteiger partial charge in [-0.3, -0.25) is 14.4 Å². The van der Waals surface area contributed by atoms with Crippen LogP contribution in [0.25, 0.3) is 6.08 Å². The Kier molecular flexibility index (Phi) is 5.33. The van der Waals surface area contributed by atoms with Crippen LogP contribution in [0.5, 0.6) is 0 Å². The summed E-state index contributed by atoms with van der Waals surface area (Å²) in [5.41, 5.74) is 2.14. The van der Waals surface area contributed by atoms with Crippen molar-refractivity contribution >= 4 is 23.6 Å². The predicted molar refractivity (Wildman–Crippen MR) is 95.6 cm³/mol. The van der Waals surface area contributed by atoms with Crippen molar-refractivity contribution in [3.8, 4) is 0 Å². The molecule has 2 heterocycles. The Morgan fingerprint density at radius 1 is 1.29 bits per heavy atom. The lowest BCUT2D eigenvalue weighted by Crippen LogP contribution is -2.47. The lowest BCUT2D eigenvalue weighted by molar-refractivity contribution is -0.127. The van der Waals surface area contributed by atoms with Crippen molar-refractivity contribution in [1.82, 2.24) is 19.6 Å². The Balaban J connectivity index is 1.49. The molecule has 1 aromatic heterocycles. The van der Waals surface area contributed by atoms with Crippen LogP contribution in [0.2, 0.25) is 5.02 Å². The highest BCUT2D eigenvalue weighted by Crippen LogP contribution is 2.14. The van der Waals surface area contributed by atoms with E-state index in [1.807, 2.05) is 42.4 Å². The highest BCUT2D eigenvalue weighted by molar-refractivity contribution is 6.30. The van der Waals surface area contributed by atoms with Crippen molar-refractivity contribution in [3.05, 3.63) is 58.9 Å². The number of carbonyl (C=O) groups is 1. The average Bonchev–Trinajstić information content (AvgIpc) is 2.99. The molecular weight excluding hydrogens is 324 g/mol. The predicted octanol–water partition coefficient (Wildman–Crippen LogP) is 2.43. The van der Waals surface area contributed by atoms with Gasteiger partial charge in [0.15, 0.2) is 0 Å². The third-order valence-electron chi connectivity index (χ3n) is 4.12. The van der Waals surface area contributed by atoms with Gasteiger partial charge < -0.3 is 4.90 Å². The van der Waals surface area contributed by atoms with E-state index < -0.39 is 0 Å². The summed E-state index contributed by atoms with van der Waals surface area (Å²) < 4.78 is 1.72. The van der Waals surface area contributed by atoms with Gasteiger partial charge in [-0.25, -0.2) is 0 Å². The maximum Gasteiger partial charge on any atom is 0.246 e. The fourth-order valence-electron chi connectivity index (χ4n) is 2.82. The molecule has 126 valence electrons. The molecule has 2 aromatic rings. The molecule has 1 aromatic carbocycles. The zero-order valence-electron chi connectivity index (χ0n) is 13.7. The molecule has 1 saturated heterocycles. The molecule has 0 N–H and O–H groups in total. The molecule has 0 radical (unpaired) electrons. The van der Waals surface area contributed by atoms with Crippen molar-refractivity contribution in [2.24, 2.45) is 7.05 Å². The van der Waals surface area contributed by atoms with E-state index in [0.717, 1.165) is 43.3 Å². The first-order valence-corrected chi connectivity index (χ1v) is 8.40. The number of amides is 1. The van der Waals surface area contributed by atoms with Gasteiger partial charge in [-0.1, -0.05) is 23.7 Å². The van der Waals surface area contributed by atoms with E-state index in [4.69, 9.17) is 11.6 Å². The van der Waals surface area contributed by atoms with Crippen LogP contribution in [0.3, 0.4) is 0 Å². The standard InChI is InChI=1S/C18H21ClN4O/c1-21-13-16(12-20-21)5-6-18(24)23-9-7-22(8-10-23)14-15-3-2-4-17(19)11-15/h2-6,11-13H,7-10,14H2,1H3/b6-5+. The highest BCUT2D eigenvalue weighted by atomic mass is 35.5. The third-order valence-corrected chi connectivity index (χ3v) is 4.36. The van der Waals surface area contributed by atoms with Crippen LogP contribution in [0.1, 0.15) is 11.1 Å². The van der Waals surface area contributed by atoms with Gasteiger partial charge in [0, 0.05) is 62.6 Å². The van der Waals surface area contributed by atoms with Crippen molar-refractivity contribution in [2.45, 2.75) is 6.54 Å².